The molecule has 1 aliphatic rings. The molecule has 0 saturated heterocycles. The third kappa shape index (κ3) is 2.50. The van der Waals surface area contributed by atoms with Gasteiger partial charge in [-0.3, -0.25) is 4.79 Å². The van der Waals surface area contributed by atoms with Gasteiger partial charge in [0.2, 0.25) is 0 Å². The van der Waals surface area contributed by atoms with Gasteiger partial charge in [0.1, 0.15) is 11.0 Å². The molecule has 1 aromatic rings. The highest BCUT2D eigenvalue weighted by atomic mass is 32.2. The molecule has 0 aliphatic heterocycles. The van der Waals surface area contributed by atoms with Crippen LogP contribution in [0.25, 0.3) is 0 Å². The minimum absolute atomic E-state index is 0.326. The van der Waals surface area contributed by atoms with E-state index in [4.69, 9.17) is 9.84 Å². The molecule has 1 N–H and O–H groups in total. The van der Waals surface area contributed by atoms with Crippen molar-refractivity contribution in [3.8, 4) is 5.75 Å². The fourth-order valence-corrected chi connectivity index (χ4v) is 2.86. The average Bonchev–Trinajstić information content (AvgIpc) is 3.10. The molecule has 1 aromatic carbocycles. The Morgan fingerprint density at radius 1 is 1.50 bits per heavy atom. The standard InChI is InChI=1S/C12H14O3S/c1-15-9-4-2-3-5-10(9)16-11(12(13)14)8-6-7-8/h2-5,8,11H,6-7H2,1H3,(H,13,14). The number of methoxy groups -OCH3 is 1. The lowest BCUT2D eigenvalue weighted by Crippen LogP contribution is -2.18. The number of hydrogen-bond donors (Lipinski definition) is 1. The molecule has 1 atom stereocenters. The molecule has 1 aliphatic carbocycles. The van der Waals surface area contributed by atoms with E-state index in [9.17, 15) is 4.79 Å². The summed E-state index contributed by atoms with van der Waals surface area (Å²) in [5, 5.41) is 8.81. The lowest BCUT2D eigenvalue weighted by molar-refractivity contribution is -0.136. The van der Waals surface area contributed by atoms with E-state index in [1.54, 1.807) is 7.11 Å². The van der Waals surface area contributed by atoms with Gasteiger partial charge in [-0.1, -0.05) is 12.1 Å². The van der Waals surface area contributed by atoms with Crippen molar-refractivity contribution in [2.75, 3.05) is 7.11 Å². The number of ether oxygens (including phenoxy) is 1. The zero-order chi connectivity index (χ0) is 11.5. The zero-order valence-electron chi connectivity index (χ0n) is 9.05. The number of carboxylic acids is 1. The molecule has 2 rings (SSSR count). The van der Waals surface area contributed by atoms with Gasteiger partial charge >= 0.3 is 5.97 Å². The van der Waals surface area contributed by atoms with Crippen molar-refractivity contribution in [1.82, 2.24) is 0 Å². The molecule has 0 amide bonds. The Hall–Kier alpha value is -1.16. The number of carbonyl (C=O) groups is 1. The van der Waals surface area contributed by atoms with E-state index < -0.39 is 5.97 Å². The summed E-state index contributed by atoms with van der Waals surface area (Å²) >= 11 is 1.39. The monoisotopic (exact) mass is 238 g/mol. The summed E-state index contributed by atoms with van der Waals surface area (Å²) in [5.41, 5.74) is 0. The largest absolute Gasteiger partial charge is 0.496 e. The van der Waals surface area contributed by atoms with Gasteiger partial charge < -0.3 is 9.84 Å². The maximum atomic E-state index is 11.1. The van der Waals surface area contributed by atoms with E-state index >= 15 is 0 Å². The predicted octanol–water partition coefficient (Wildman–Crippen LogP) is 2.65. The van der Waals surface area contributed by atoms with Crippen LogP contribution in [-0.4, -0.2) is 23.4 Å². The Morgan fingerprint density at radius 3 is 2.75 bits per heavy atom. The van der Waals surface area contributed by atoms with Crippen LogP contribution in [0.3, 0.4) is 0 Å². The minimum Gasteiger partial charge on any atom is -0.496 e. The van der Waals surface area contributed by atoms with Crippen LogP contribution in [0.4, 0.5) is 0 Å². The van der Waals surface area contributed by atoms with Crippen molar-refractivity contribution in [1.29, 1.82) is 0 Å². The number of thioether (sulfide) groups is 1. The number of aliphatic carboxylic acids is 1. The van der Waals surface area contributed by atoms with Gasteiger partial charge in [-0.05, 0) is 30.9 Å². The molecular formula is C12H14O3S. The predicted molar refractivity (Wildman–Crippen MR) is 63.0 cm³/mol. The second-order valence-electron chi connectivity index (χ2n) is 3.86. The Balaban J connectivity index is 2.14. The van der Waals surface area contributed by atoms with Gasteiger partial charge in [0, 0.05) is 0 Å². The molecule has 4 heteroatoms. The number of rotatable bonds is 5. The highest BCUT2D eigenvalue weighted by Gasteiger charge is 2.37. The number of benzene rings is 1. The van der Waals surface area contributed by atoms with Gasteiger partial charge in [-0.2, -0.15) is 0 Å². The van der Waals surface area contributed by atoms with Crippen LogP contribution in [0.15, 0.2) is 29.2 Å². The first-order chi connectivity index (χ1) is 7.72. The highest BCUT2D eigenvalue weighted by Crippen LogP contribution is 2.43. The average molecular weight is 238 g/mol. The van der Waals surface area contributed by atoms with Crippen molar-refractivity contribution >= 4 is 17.7 Å². The van der Waals surface area contributed by atoms with Gasteiger partial charge in [-0.25, -0.2) is 0 Å². The van der Waals surface area contributed by atoms with Crippen molar-refractivity contribution in [2.24, 2.45) is 5.92 Å². The molecular weight excluding hydrogens is 224 g/mol. The topological polar surface area (TPSA) is 46.5 Å². The Kier molecular flexibility index (Phi) is 3.39. The van der Waals surface area contributed by atoms with Crippen LogP contribution in [-0.2, 0) is 4.79 Å². The third-order valence-electron chi connectivity index (χ3n) is 2.62. The van der Waals surface area contributed by atoms with Crippen molar-refractivity contribution in [3.05, 3.63) is 24.3 Å². The Labute approximate surface area is 98.8 Å². The molecule has 0 aromatic heterocycles. The van der Waals surface area contributed by atoms with Crippen molar-refractivity contribution in [2.45, 2.75) is 23.0 Å². The van der Waals surface area contributed by atoms with Crippen LogP contribution >= 0.6 is 11.8 Å². The zero-order valence-corrected chi connectivity index (χ0v) is 9.87. The summed E-state index contributed by atoms with van der Waals surface area (Å²) in [6.45, 7) is 0. The number of para-hydroxylation sites is 1. The summed E-state index contributed by atoms with van der Waals surface area (Å²) in [6.07, 6.45) is 2.05. The van der Waals surface area contributed by atoms with Crippen molar-refractivity contribution < 1.29 is 14.6 Å². The van der Waals surface area contributed by atoms with Crippen LogP contribution in [0.5, 0.6) is 5.75 Å². The van der Waals surface area contributed by atoms with Crippen LogP contribution in [0.2, 0.25) is 0 Å². The molecule has 16 heavy (non-hydrogen) atoms. The molecule has 0 bridgehead atoms. The summed E-state index contributed by atoms with van der Waals surface area (Å²) in [4.78, 5) is 12.0. The smallest absolute Gasteiger partial charge is 0.317 e. The minimum atomic E-state index is -0.724. The first-order valence-electron chi connectivity index (χ1n) is 5.25. The molecule has 1 unspecified atom stereocenters. The normalized spacial score (nSPS) is 16.8. The van der Waals surface area contributed by atoms with Crippen LogP contribution < -0.4 is 4.74 Å². The maximum absolute atomic E-state index is 11.1. The highest BCUT2D eigenvalue weighted by molar-refractivity contribution is 8.00. The van der Waals surface area contributed by atoms with E-state index in [2.05, 4.69) is 0 Å². The lowest BCUT2D eigenvalue weighted by Gasteiger charge is -2.13. The van der Waals surface area contributed by atoms with E-state index in [0.29, 0.717) is 5.92 Å². The van der Waals surface area contributed by atoms with Crippen molar-refractivity contribution in [3.63, 3.8) is 0 Å². The molecule has 1 fully saturated rings. The molecule has 86 valence electrons. The Morgan fingerprint density at radius 2 is 2.19 bits per heavy atom. The van der Waals surface area contributed by atoms with Gasteiger partial charge in [0.15, 0.2) is 0 Å². The summed E-state index contributed by atoms with van der Waals surface area (Å²) in [7, 11) is 1.60. The second-order valence-corrected chi connectivity index (χ2v) is 5.05. The van der Waals surface area contributed by atoms with Crippen LogP contribution in [0, 0.1) is 5.92 Å². The summed E-state index contributed by atoms with van der Waals surface area (Å²) < 4.78 is 5.21. The first kappa shape index (κ1) is 11.3. The molecule has 0 heterocycles. The van der Waals surface area contributed by atoms with Crippen LogP contribution in [0.1, 0.15) is 12.8 Å². The quantitative estimate of drug-likeness (QED) is 0.801. The van der Waals surface area contributed by atoms with E-state index in [1.807, 2.05) is 24.3 Å². The fourth-order valence-electron chi connectivity index (χ4n) is 1.60. The Bertz CT molecular complexity index is 388. The lowest BCUT2D eigenvalue weighted by atomic mass is 10.3. The van der Waals surface area contributed by atoms with E-state index in [-0.39, 0.29) is 5.25 Å². The van der Waals surface area contributed by atoms with Gasteiger partial charge in [-0.15, -0.1) is 11.8 Å². The molecule has 0 spiro atoms. The van der Waals surface area contributed by atoms with Gasteiger partial charge in [0.25, 0.3) is 0 Å². The first-order valence-corrected chi connectivity index (χ1v) is 6.13. The van der Waals surface area contributed by atoms with E-state index in [0.717, 1.165) is 23.5 Å². The maximum Gasteiger partial charge on any atom is 0.317 e. The van der Waals surface area contributed by atoms with Gasteiger partial charge in [0.05, 0.1) is 12.0 Å². The summed E-state index contributed by atoms with van der Waals surface area (Å²) in [5.74, 6) is 0.352. The van der Waals surface area contributed by atoms with E-state index in [1.165, 1.54) is 11.8 Å². The molecule has 3 nitrogen and oxygen atoms in total. The summed E-state index contributed by atoms with van der Waals surface area (Å²) in [6, 6.07) is 7.54. The molecule has 1 saturated carbocycles. The number of carboxylic acid groups (broad SMARTS) is 1. The third-order valence-corrected chi connectivity index (χ3v) is 4.05. The second kappa shape index (κ2) is 4.78. The fraction of sp³-hybridized carbons (Fsp3) is 0.417. The SMILES string of the molecule is COc1ccccc1SC(C(=O)O)C1CC1. The number of hydrogen-bond acceptors (Lipinski definition) is 3. The molecule has 0 radical (unpaired) electrons.